The second kappa shape index (κ2) is 7.10. The lowest BCUT2D eigenvalue weighted by Crippen LogP contribution is -1.55. The Bertz CT molecular complexity index is 151. The van der Waals surface area contributed by atoms with Crippen molar-refractivity contribution in [3.63, 3.8) is 0 Å². The van der Waals surface area contributed by atoms with E-state index in [-0.39, 0.29) is 0 Å². The molecule has 0 N–H and O–H groups in total. The summed E-state index contributed by atoms with van der Waals surface area (Å²) in [7, 11) is 0. The summed E-state index contributed by atoms with van der Waals surface area (Å²) >= 11 is 8.69. The minimum Gasteiger partial charge on any atom is -0.0931 e. The molecule has 0 fully saturated rings. The lowest BCUT2D eigenvalue weighted by molar-refractivity contribution is 1.56. The Labute approximate surface area is 75.3 Å². The molecule has 10 heavy (non-hydrogen) atoms. The van der Waals surface area contributed by atoms with Crippen LogP contribution in [0.15, 0.2) is 30.3 Å². The summed E-state index contributed by atoms with van der Waals surface area (Å²) in [4.78, 5) is 0. The van der Waals surface area contributed by atoms with Crippen molar-refractivity contribution in [2.75, 3.05) is 5.33 Å². The van der Waals surface area contributed by atoms with E-state index in [0.717, 1.165) is 10.4 Å². The molecule has 0 aliphatic rings. The Balaban J connectivity index is 0.000000236. The number of alkyl halides is 1. The zero-order chi connectivity index (χ0) is 7.82. The predicted molar refractivity (Wildman–Crippen MR) is 50.9 cm³/mol. The number of benzene rings is 1. The average molecular weight is 222 g/mol. The van der Waals surface area contributed by atoms with Gasteiger partial charge in [-0.2, -0.15) is 0 Å². The van der Waals surface area contributed by atoms with Crippen LogP contribution in [0.4, 0.5) is 0 Å². The third-order valence-corrected chi connectivity index (χ3v) is 0.985. The predicted octanol–water partition coefficient (Wildman–Crippen LogP) is 3.74. The summed E-state index contributed by atoms with van der Waals surface area (Å²) in [6, 6.07) is 9.44. The molecule has 2 heteroatoms. The highest BCUT2D eigenvalue weighted by molar-refractivity contribution is 9.09. The van der Waals surface area contributed by atoms with Crippen LogP contribution in [0.25, 0.3) is 0 Å². The Morgan fingerprint density at radius 3 is 1.90 bits per heavy atom. The smallest absolute Gasteiger partial charge is 0.0405 e. The SMILES string of the molecule is CCBr.Clc1ccccc1. The van der Waals surface area contributed by atoms with E-state index in [4.69, 9.17) is 11.6 Å². The highest BCUT2D eigenvalue weighted by atomic mass is 79.9. The standard InChI is InChI=1S/C6H5Cl.C2H5Br/c7-6-4-2-1-3-5-6;1-2-3/h1-5H;2H2,1H3. The third-order valence-electron chi connectivity index (χ3n) is 0.733. The van der Waals surface area contributed by atoms with Gasteiger partial charge in [0.1, 0.15) is 0 Å². The van der Waals surface area contributed by atoms with Gasteiger partial charge in [0.15, 0.2) is 0 Å². The van der Waals surface area contributed by atoms with Gasteiger partial charge < -0.3 is 0 Å². The molecule has 0 saturated heterocycles. The first-order chi connectivity index (χ1) is 4.81. The van der Waals surface area contributed by atoms with Crippen LogP contribution in [0.1, 0.15) is 6.92 Å². The van der Waals surface area contributed by atoms with E-state index in [9.17, 15) is 0 Å². The fourth-order valence-electron chi connectivity index (χ4n) is 0.415. The van der Waals surface area contributed by atoms with Crippen LogP contribution < -0.4 is 0 Å². The third kappa shape index (κ3) is 6.12. The van der Waals surface area contributed by atoms with Gasteiger partial charge in [-0.25, -0.2) is 0 Å². The van der Waals surface area contributed by atoms with Gasteiger partial charge in [0, 0.05) is 10.4 Å². The Kier molecular flexibility index (Phi) is 7.09. The first-order valence-corrected chi connectivity index (χ1v) is 4.57. The van der Waals surface area contributed by atoms with E-state index in [1.807, 2.05) is 37.3 Å². The van der Waals surface area contributed by atoms with E-state index >= 15 is 0 Å². The van der Waals surface area contributed by atoms with Crippen molar-refractivity contribution >= 4 is 27.5 Å². The van der Waals surface area contributed by atoms with Crippen molar-refractivity contribution in [1.82, 2.24) is 0 Å². The molecule has 0 amide bonds. The van der Waals surface area contributed by atoms with E-state index < -0.39 is 0 Å². The van der Waals surface area contributed by atoms with Gasteiger partial charge in [-0.15, -0.1) is 0 Å². The van der Waals surface area contributed by atoms with Crippen LogP contribution in [-0.2, 0) is 0 Å². The monoisotopic (exact) mass is 220 g/mol. The maximum absolute atomic E-state index is 5.54. The molecule has 0 unspecified atom stereocenters. The lowest BCUT2D eigenvalue weighted by Gasteiger charge is -1.80. The Morgan fingerprint density at radius 2 is 1.70 bits per heavy atom. The van der Waals surface area contributed by atoms with Crippen molar-refractivity contribution in [3.8, 4) is 0 Å². The lowest BCUT2D eigenvalue weighted by atomic mass is 10.4. The number of rotatable bonds is 0. The van der Waals surface area contributed by atoms with Crippen LogP contribution >= 0.6 is 27.5 Å². The molecule has 0 spiro atoms. The molecule has 0 aromatic heterocycles. The maximum atomic E-state index is 5.54. The van der Waals surface area contributed by atoms with Gasteiger partial charge in [-0.1, -0.05) is 52.7 Å². The normalized spacial score (nSPS) is 7.90. The van der Waals surface area contributed by atoms with E-state index in [2.05, 4.69) is 15.9 Å². The van der Waals surface area contributed by atoms with Gasteiger partial charge >= 0.3 is 0 Å². The summed E-state index contributed by atoms with van der Waals surface area (Å²) < 4.78 is 0. The fraction of sp³-hybridized carbons (Fsp3) is 0.250. The molecule has 56 valence electrons. The molecule has 0 saturated carbocycles. The zero-order valence-corrected chi connectivity index (χ0v) is 8.19. The number of hydrogen-bond acceptors (Lipinski definition) is 0. The van der Waals surface area contributed by atoms with Crippen LogP contribution in [0.3, 0.4) is 0 Å². The number of hydrogen-bond donors (Lipinski definition) is 0. The van der Waals surface area contributed by atoms with E-state index in [0.29, 0.717) is 0 Å². The maximum Gasteiger partial charge on any atom is 0.0405 e. The molecule has 0 aliphatic heterocycles. The van der Waals surface area contributed by atoms with E-state index in [1.165, 1.54) is 0 Å². The van der Waals surface area contributed by atoms with Crippen molar-refractivity contribution < 1.29 is 0 Å². The van der Waals surface area contributed by atoms with Gasteiger partial charge in [-0.05, 0) is 12.1 Å². The molecular weight excluding hydrogens is 211 g/mol. The molecule has 0 nitrogen and oxygen atoms in total. The largest absolute Gasteiger partial charge is 0.0931 e. The van der Waals surface area contributed by atoms with Crippen molar-refractivity contribution in [3.05, 3.63) is 35.4 Å². The van der Waals surface area contributed by atoms with Crippen LogP contribution in [0.5, 0.6) is 0 Å². The number of halogens is 2. The topological polar surface area (TPSA) is 0 Å². The first-order valence-electron chi connectivity index (χ1n) is 3.07. The van der Waals surface area contributed by atoms with Crippen molar-refractivity contribution in [2.45, 2.75) is 6.92 Å². The second-order valence-corrected chi connectivity index (χ2v) is 3.12. The van der Waals surface area contributed by atoms with Gasteiger partial charge in [0.2, 0.25) is 0 Å². The van der Waals surface area contributed by atoms with Crippen LogP contribution in [0, 0.1) is 0 Å². The second-order valence-electron chi connectivity index (χ2n) is 1.56. The summed E-state index contributed by atoms with van der Waals surface area (Å²) in [5.41, 5.74) is 0. The van der Waals surface area contributed by atoms with Crippen molar-refractivity contribution in [1.29, 1.82) is 0 Å². The Morgan fingerprint density at radius 1 is 1.30 bits per heavy atom. The van der Waals surface area contributed by atoms with Crippen molar-refractivity contribution in [2.24, 2.45) is 0 Å². The summed E-state index contributed by atoms with van der Waals surface area (Å²) in [6.07, 6.45) is 0. The molecule has 1 aromatic carbocycles. The zero-order valence-electron chi connectivity index (χ0n) is 5.85. The summed E-state index contributed by atoms with van der Waals surface area (Å²) in [5, 5.41) is 1.86. The molecule has 0 aliphatic carbocycles. The minimum atomic E-state index is 0.794. The Hall–Kier alpha value is -0.0100. The highest BCUT2D eigenvalue weighted by Gasteiger charge is 1.74. The molecular formula is C8H10BrCl. The molecule has 1 aromatic rings. The molecule has 1 rings (SSSR count). The minimum absolute atomic E-state index is 0.794. The molecule has 0 heterocycles. The summed E-state index contributed by atoms with van der Waals surface area (Å²) in [6.45, 7) is 2.04. The molecule has 0 radical (unpaired) electrons. The van der Waals surface area contributed by atoms with E-state index in [1.54, 1.807) is 0 Å². The van der Waals surface area contributed by atoms with Crippen LogP contribution in [-0.4, -0.2) is 5.33 Å². The first kappa shape index (κ1) is 9.99. The fourth-order valence-corrected chi connectivity index (χ4v) is 0.560. The van der Waals surface area contributed by atoms with Gasteiger partial charge in [0.05, 0.1) is 0 Å². The highest BCUT2D eigenvalue weighted by Crippen LogP contribution is 2.03. The quantitative estimate of drug-likeness (QED) is 0.586. The van der Waals surface area contributed by atoms with Gasteiger partial charge in [0.25, 0.3) is 0 Å². The van der Waals surface area contributed by atoms with Crippen LogP contribution in [0.2, 0.25) is 5.02 Å². The summed E-state index contributed by atoms with van der Waals surface area (Å²) in [5.74, 6) is 0. The molecule has 0 bridgehead atoms. The molecule has 0 atom stereocenters. The average Bonchev–Trinajstić information content (AvgIpc) is 1.91. The van der Waals surface area contributed by atoms with Gasteiger partial charge in [-0.3, -0.25) is 0 Å².